The second-order valence-corrected chi connectivity index (χ2v) is 29.8. The van der Waals surface area contributed by atoms with Crippen LogP contribution in [-0.4, -0.2) is 109 Å². The first kappa shape index (κ1) is 55.6. The molecule has 10 aliphatic carbocycles. The van der Waals surface area contributed by atoms with Gasteiger partial charge in [-0.15, -0.1) is 0 Å². The fourth-order valence-corrected chi connectivity index (χ4v) is 24.2. The first-order valence-electron chi connectivity index (χ1n) is 29.7. The van der Waals surface area contributed by atoms with Crippen LogP contribution in [0, 0.1) is 101 Å². The van der Waals surface area contributed by atoms with Gasteiger partial charge in [0.25, 0.3) is 0 Å². The highest BCUT2D eigenvalue weighted by atomic mass is 16.6. The zero-order chi connectivity index (χ0) is 53.9. The smallest absolute Gasteiger partial charge is 0.310 e. The Balaban J connectivity index is 0.000000150. The molecule has 12 nitrogen and oxygen atoms in total. The normalized spacial score (nSPS) is 54.9. The van der Waals surface area contributed by atoms with Gasteiger partial charge in [0.1, 0.15) is 6.61 Å². The van der Waals surface area contributed by atoms with E-state index in [2.05, 4.69) is 74.0 Å². The lowest BCUT2D eigenvalue weighted by molar-refractivity contribution is -0.190. The van der Waals surface area contributed by atoms with E-state index in [0.717, 1.165) is 44.4 Å². The van der Waals surface area contributed by atoms with E-state index in [1.807, 2.05) is 14.2 Å². The van der Waals surface area contributed by atoms with Crippen molar-refractivity contribution in [2.75, 3.05) is 27.4 Å². The number of esters is 3. The average molecular weight is 1040 g/mol. The van der Waals surface area contributed by atoms with Crippen molar-refractivity contribution in [3.05, 3.63) is 0 Å². The number of aliphatic hydroxyl groups is 3. The zero-order valence-corrected chi connectivity index (χ0v) is 48.5. The van der Waals surface area contributed by atoms with Crippen LogP contribution < -0.4 is 0 Å². The molecule has 0 amide bonds. The Morgan fingerprint density at radius 3 is 1.54 bits per heavy atom. The van der Waals surface area contributed by atoms with Crippen molar-refractivity contribution >= 4 is 17.9 Å². The predicted octanol–water partition coefficient (Wildman–Crippen LogP) is 10.3. The van der Waals surface area contributed by atoms with Crippen LogP contribution in [0.5, 0.6) is 0 Å². The Morgan fingerprint density at radius 2 is 1.03 bits per heavy atom. The Kier molecular flexibility index (Phi) is 13.7. The van der Waals surface area contributed by atoms with Gasteiger partial charge in [0.15, 0.2) is 0 Å². The van der Waals surface area contributed by atoms with Gasteiger partial charge in [0.05, 0.1) is 55.4 Å². The molecule has 12 aliphatic rings. The molecule has 0 aromatic rings. The third-order valence-electron chi connectivity index (χ3n) is 27.1. The first-order valence-corrected chi connectivity index (χ1v) is 29.7. The maximum atomic E-state index is 12.1. The molecule has 0 unspecified atom stereocenters. The molecule has 2 saturated heterocycles. The number of aliphatic hydroxyl groups excluding tert-OH is 3. The molecule has 24 atom stereocenters. The van der Waals surface area contributed by atoms with E-state index in [-0.39, 0.29) is 81.7 Å². The summed E-state index contributed by atoms with van der Waals surface area (Å²) in [6.45, 7) is 28.7. The van der Waals surface area contributed by atoms with E-state index < -0.39 is 18.0 Å². The van der Waals surface area contributed by atoms with E-state index in [0.29, 0.717) is 75.8 Å². The summed E-state index contributed by atoms with van der Waals surface area (Å²) < 4.78 is 35.0. The Labute approximate surface area is 444 Å². The van der Waals surface area contributed by atoms with E-state index >= 15 is 0 Å². The predicted molar refractivity (Wildman–Crippen MR) is 280 cm³/mol. The van der Waals surface area contributed by atoms with E-state index in [9.17, 15) is 29.7 Å². The molecule has 0 aromatic carbocycles. The minimum absolute atomic E-state index is 0.0157. The van der Waals surface area contributed by atoms with Crippen molar-refractivity contribution in [1.29, 1.82) is 0 Å². The minimum Gasteiger partial charge on any atom is -0.463 e. The molecule has 3 N–H and O–H groups in total. The average Bonchev–Trinajstić information content (AvgIpc) is 4.16. The summed E-state index contributed by atoms with van der Waals surface area (Å²) in [5.74, 6) is 3.09. The quantitative estimate of drug-likeness (QED) is 0.176. The maximum absolute atomic E-state index is 12.1. The third kappa shape index (κ3) is 7.16. The van der Waals surface area contributed by atoms with Gasteiger partial charge in [-0.3, -0.25) is 14.4 Å². The van der Waals surface area contributed by atoms with E-state index in [1.165, 1.54) is 85.0 Å². The topological polar surface area (TPSA) is 167 Å². The number of rotatable bonds is 5. The standard InChI is InChI=1S/C29H46O5.C29H48O4.C4H6O3/c1-16-13-18(14-33-17(2)30)34-23-22(16)26(5)11-12-29-15-28(29)10-9-21(31)25(3,4)19(28)7-8-20(29)27(26,6)24(23)32;1-17-14-18(15-30)33-23-22(17)26(4)12-13-29-16-28(29)11-10-21(31-6)25(2,3)19(28)8-9-20(29)27(26,5)24(23)32-7;1-3(5)7-4(2)6/h16,18-24,31-32H,7-15H2,1-6H3;17-24,30H,8-16H2,1-7H3;1-2H3/t16-,18-,19+,20+,21+,22+,23+,24+,26-,27-,28-,29+;17-,18-,19+,20+,21+,22+,23+,24+,26-,27-,28-,29+;/m11./s1. The summed E-state index contributed by atoms with van der Waals surface area (Å²) in [6, 6.07) is 0. The SMILES string of the molecule is CC(=O)OC(C)=O.CC(=O)OC[C@H]1C[C@@H](C)[C@H]2[C@H](O1)[C@H](O)[C@@]1(C)[C@@H]3CC[C@H]4C(C)(C)[C@@H](O)CC[C@@]45C[C@@]35CC[C@]21C.CO[C@H]1CC[C@]23C[C@]24CC[C@]2(C)[C@@H]5[C@H](O[C@@H](CO)C[C@H]5C)[C@H](OC)[C@@]2(C)[C@@H]4CC[C@H]3C1(C)C. The van der Waals surface area contributed by atoms with Crippen LogP contribution >= 0.6 is 0 Å². The lowest BCUT2D eigenvalue weighted by Crippen LogP contribution is -2.60. The van der Waals surface area contributed by atoms with Crippen LogP contribution in [0.15, 0.2) is 0 Å². The molecule has 10 saturated carbocycles. The number of ether oxygens (including phenoxy) is 6. The van der Waals surface area contributed by atoms with E-state index in [4.69, 9.17) is 23.7 Å². The van der Waals surface area contributed by atoms with Gasteiger partial charge in [-0.1, -0.05) is 69.2 Å². The van der Waals surface area contributed by atoms with Gasteiger partial charge in [-0.05, 0) is 193 Å². The highest BCUT2D eigenvalue weighted by molar-refractivity contribution is 5.82. The van der Waals surface area contributed by atoms with Crippen LogP contribution in [-0.2, 0) is 42.8 Å². The molecule has 4 spiro atoms. The summed E-state index contributed by atoms with van der Waals surface area (Å²) >= 11 is 0. The molecule has 12 heteroatoms. The van der Waals surface area contributed by atoms with Crippen LogP contribution in [0.1, 0.15) is 193 Å². The molecule has 420 valence electrons. The van der Waals surface area contributed by atoms with Crippen molar-refractivity contribution in [2.24, 2.45) is 101 Å². The lowest BCUT2D eigenvalue weighted by Gasteiger charge is -2.64. The molecule has 0 bridgehead atoms. The fraction of sp³-hybridized carbons (Fsp3) is 0.952. The summed E-state index contributed by atoms with van der Waals surface area (Å²) in [4.78, 5) is 31.0. The molecule has 2 aliphatic heterocycles. The summed E-state index contributed by atoms with van der Waals surface area (Å²) in [7, 11) is 3.85. The van der Waals surface area contributed by atoms with Crippen LogP contribution in [0.4, 0.5) is 0 Å². The Hall–Kier alpha value is -1.67. The molecule has 12 fully saturated rings. The zero-order valence-electron chi connectivity index (χ0n) is 48.5. The Bertz CT molecular complexity index is 2180. The molecular formula is C62H100O12. The van der Waals surface area contributed by atoms with Crippen molar-refractivity contribution in [2.45, 2.75) is 242 Å². The van der Waals surface area contributed by atoms with Crippen LogP contribution in [0.25, 0.3) is 0 Å². The number of methoxy groups -OCH3 is 2. The Morgan fingerprint density at radius 1 is 0.554 bits per heavy atom. The highest BCUT2D eigenvalue weighted by Crippen LogP contribution is 2.91. The molecule has 74 heavy (non-hydrogen) atoms. The molecule has 12 rings (SSSR count). The van der Waals surface area contributed by atoms with Gasteiger partial charge < -0.3 is 43.7 Å². The number of carbonyl (C=O) groups excluding carboxylic acids is 3. The summed E-state index contributed by atoms with van der Waals surface area (Å²) in [6.07, 6.45) is 19.0. The van der Waals surface area contributed by atoms with Gasteiger partial charge in [0.2, 0.25) is 0 Å². The van der Waals surface area contributed by atoms with Crippen molar-refractivity contribution in [3.63, 3.8) is 0 Å². The number of carbonyl (C=O) groups is 3. The monoisotopic (exact) mass is 1040 g/mol. The number of fused-ring (bicyclic) bond motifs is 8. The van der Waals surface area contributed by atoms with Crippen molar-refractivity contribution in [3.8, 4) is 0 Å². The van der Waals surface area contributed by atoms with Gasteiger partial charge in [-0.2, -0.15) is 0 Å². The highest BCUT2D eigenvalue weighted by Gasteiger charge is 2.86. The van der Waals surface area contributed by atoms with Gasteiger partial charge in [-0.25, -0.2) is 0 Å². The minimum atomic E-state index is -0.562. The van der Waals surface area contributed by atoms with Gasteiger partial charge in [0, 0.05) is 45.8 Å². The maximum Gasteiger partial charge on any atom is 0.310 e. The largest absolute Gasteiger partial charge is 0.463 e. The van der Waals surface area contributed by atoms with E-state index in [1.54, 1.807) is 0 Å². The fourth-order valence-electron chi connectivity index (χ4n) is 24.2. The van der Waals surface area contributed by atoms with Crippen LogP contribution in [0.2, 0.25) is 0 Å². The second-order valence-electron chi connectivity index (χ2n) is 29.8. The third-order valence-corrected chi connectivity index (χ3v) is 27.1. The van der Waals surface area contributed by atoms with Crippen LogP contribution in [0.3, 0.4) is 0 Å². The van der Waals surface area contributed by atoms with Gasteiger partial charge >= 0.3 is 17.9 Å². The lowest BCUT2D eigenvalue weighted by atomic mass is 9.41. The first-order chi connectivity index (χ1) is 34.5. The molecule has 2 heterocycles. The number of hydrogen-bond acceptors (Lipinski definition) is 12. The number of hydrogen-bond donors (Lipinski definition) is 3. The van der Waals surface area contributed by atoms with Crippen molar-refractivity contribution in [1.82, 2.24) is 0 Å². The molecule has 0 radical (unpaired) electrons. The van der Waals surface area contributed by atoms with Crippen molar-refractivity contribution < 1.29 is 58.1 Å². The molecular weight excluding hydrogens is 937 g/mol. The summed E-state index contributed by atoms with van der Waals surface area (Å²) in [5, 5.41) is 32.9. The summed E-state index contributed by atoms with van der Waals surface area (Å²) in [5.41, 5.74) is 2.21. The second kappa shape index (κ2) is 18.2. The molecule has 0 aromatic heterocycles.